The Labute approximate surface area is 413 Å². The van der Waals surface area contributed by atoms with Crippen LogP contribution in [-0.2, 0) is 16.2 Å². The lowest BCUT2D eigenvalue weighted by Crippen LogP contribution is -2.70. The van der Waals surface area contributed by atoms with Crippen LogP contribution in [0.5, 0.6) is 0 Å². The first-order valence-electron chi connectivity index (χ1n) is 25.3. The normalized spacial score (nSPS) is 19.1. The molecule has 0 bridgehead atoms. The van der Waals surface area contributed by atoms with Crippen molar-refractivity contribution >= 4 is 89.1 Å². The molecule has 4 heterocycles. The Balaban J connectivity index is 1.23. The smallest absolute Gasteiger partial charge is 0.328 e. The molecule has 3 aliphatic heterocycles. The van der Waals surface area contributed by atoms with Crippen molar-refractivity contribution < 1.29 is 0 Å². The van der Waals surface area contributed by atoms with E-state index in [1.54, 1.807) is 5.56 Å². The summed E-state index contributed by atoms with van der Waals surface area (Å²) in [5, 5.41) is 2.65. The van der Waals surface area contributed by atoms with Crippen LogP contribution in [0.2, 0.25) is 0 Å². The van der Waals surface area contributed by atoms with Gasteiger partial charge in [0.25, 0.3) is 0 Å². The molecule has 1 saturated carbocycles. The number of fused-ring (bicyclic) bond motifs is 11. The lowest BCUT2D eigenvalue weighted by atomic mass is 9.42. The zero-order chi connectivity index (χ0) is 47.2. The molecular weight excluding hydrogens is 854 g/mol. The fourth-order valence-corrected chi connectivity index (χ4v) is 14.3. The second kappa shape index (κ2) is 15.0. The van der Waals surface area contributed by atoms with Crippen molar-refractivity contribution in [1.29, 1.82) is 0 Å². The van der Waals surface area contributed by atoms with Gasteiger partial charge in [-0.25, -0.2) is 0 Å². The molecule has 3 nitrogen and oxygen atoms in total. The van der Waals surface area contributed by atoms with E-state index in [-0.39, 0.29) is 28.6 Å². The summed E-state index contributed by atoms with van der Waals surface area (Å²) in [6.45, 7) is 19.5. The van der Waals surface area contributed by atoms with Crippen molar-refractivity contribution in [1.82, 2.24) is 0 Å². The minimum atomic E-state index is -0.102. The van der Waals surface area contributed by atoms with E-state index >= 15 is 0 Å². The summed E-state index contributed by atoms with van der Waals surface area (Å²) in [6.07, 6.45) is 4.84. The van der Waals surface area contributed by atoms with Crippen molar-refractivity contribution in [3.63, 3.8) is 0 Å². The van der Waals surface area contributed by atoms with E-state index in [0.717, 1.165) is 23.5 Å². The highest BCUT2D eigenvalue weighted by molar-refractivity contribution is 7.26. The van der Waals surface area contributed by atoms with Gasteiger partial charge in [-0.05, 0) is 130 Å². The third-order valence-electron chi connectivity index (χ3n) is 16.9. The average molecular weight is 914 g/mol. The van der Waals surface area contributed by atoms with Gasteiger partial charge in [0.1, 0.15) is 0 Å². The number of nitrogens with zero attached hydrogens (tertiary/aromatic N) is 3. The molecule has 8 aromatic carbocycles. The standard InChI is InChI=1S/C64H60BN3S/c1-61(2,3)42-30-33-54(49(36-42)41-22-12-9-13-23-41)67-55-40-46(66(44-24-14-10-15-25-44)45-26-16-11-17-27-45)39-50-51-37-43(62(4,5)6)38-52-58(51)68(64(8)35-21-20-34-63(52,64)7)65(57(50)55)53-32-31-48-47-28-18-19-29-56(47)69-60(48)59(53)67/h9-19,22-33,36-40H,20-21,34-35H2,1-8H3. The third kappa shape index (κ3) is 6.11. The fourth-order valence-electron chi connectivity index (χ4n) is 13.0. The Hall–Kier alpha value is -6.56. The van der Waals surface area contributed by atoms with Crippen LogP contribution in [0, 0.1) is 0 Å². The molecule has 2 unspecified atom stereocenters. The molecule has 0 spiro atoms. The summed E-state index contributed by atoms with van der Waals surface area (Å²) < 4.78 is 2.67. The molecule has 5 heteroatoms. The summed E-state index contributed by atoms with van der Waals surface area (Å²) in [4.78, 5) is 8.22. The Morgan fingerprint density at radius 1 is 0.536 bits per heavy atom. The van der Waals surface area contributed by atoms with Gasteiger partial charge in [0.05, 0.1) is 16.1 Å². The van der Waals surface area contributed by atoms with Gasteiger partial charge in [-0.2, -0.15) is 0 Å². The minimum absolute atomic E-state index is 0.00232. The van der Waals surface area contributed by atoms with Gasteiger partial charge in [-0.15, -0.1) is 11.3 Å². The first-order valence-corrected chi connectivity index (χ1v) is 26.1. The third-order valence-corrected chi connectivity index (χ3v) is 18.1. The topological polar surface area (TPSA) is 9.72 Å². The van der Waals surface area contributed by atoms with Gasteiger partial charge in [0, 0.05) is 66.0 Å². The molecule has 2 atom stereocenters. The van der Waals surface area contributed by atoms with Gasteiger partial charge in [0.2, 0.25) is 0 Å². The van der Waals surface area contributed by atoms with Gasteiger partial charge in [-0.3, -0.25) is 0 Å². The molecule has 0 N–H and O–H groups in total. The maximum atomic E-state index is 3.00. The Morgan fingerprint density at radius 2 is 1.17 bits per heavy atom. The average Bonchev–Trinajstić information content (AvgIpc) is 3.83. The summed E-state index contributed by atoms with van der Waals surface area (Å²) in [5.41, 5.74) is 20.7. The fraction of sp³-hybridized carbons (Fsp3) is 0.250. The Kier molecular flexibility index (Phi) is 9.23. The first kappa shape index (κ1) is 42.5. The van der Waals surface area contributed by atoms with Crippen LogP contribution in [0.4, 0.5) is 39.8 Å². The molecule has 69 heavy (non-hydrogen) atoms. The summed E-state index contributed by atoms with van der Waals surface area (Å²) in [7, 11) is 0. The zero-order valence-electron chi connectivity index (χ0n) is 41.3. The highest BCUT2D eigenvalue weighted by atomic mass is 32.1. The Bertz CT molecular complexity index is 3490. The van der Waals surface area contributed by atoms with Crippen LogP contribution in [0.1, 0.15) is 97.8 Å². The predicted molar refractivity (Wildman–Crippen MR) is 299 cm³/mol. The molecule has 0 radical (unpaired) electrons. The lowest BCUT2D eigenvalue weighted by Gasteiger charge is -2.55. The maximum absolute atomic E-state index is 3.00. The summed E-state index contributed by atoms with van der Waals surface area (Å²) in [5.74, 6) is 0. The van der Waals surface area contributed by atoms with Gasteiger partial charge in [-0.1, -0.05) is 171 Å². The molecule has 1 aliphatic carbocycles. The summed E-state index contributed by atoms with van der Waals surface area (Å²) >= 11 is 1.96. The van der Waals surface area contributed by atoms with Crippen LogP contribution in [0.15, 0.2) is 170 Å². The largest absolute Gasteiger partial charge is 0.400 e. The maximum Gasteiger partial charge on any atom is 0.328 e. The van der Waals surface area contributed by atoms with Crippen molar-refractivity contribution in [2.75, 3.05) is 14.6 Å². The second-order valence-corrected chi connectivity index (χ2v) is 23.9. The van der Waals surface area contributed by atoms with Crippen molar-refractivity contribution in [3.8, 4) is 22.3 Å². The number of hydrogen-bond donors (Lipinski definition) is 0. The lowest BCUT2D eigenvalue weighted by molar-refractivity contribution is 0.199. The molecule has 4 aliphatic rings. The molecule has 1 fully saturated rings. The highest BCUT2D eigenvalue weighted by Crippen LogP contribution is 2.64. The van der Waals surface area contributed by atoms with Crippen molar-refractivity contribution in [2.24, 2.45) is 0 Å². The molecular formula is C64H60BN3S. The second-order valence-electron chi connectivity index (χ2n) is 22.8. The van der Waals surface area contributed by atoms with E-state index in [9.17, 15) is 0 Å². The predicted octanol–water partition coefficient (Wildman–Crippen LogP) is 16.8. The molecule has 1 aromatic heterocycles. The van der Waals surface area contributed by atoms with E-state index in [4.69, 9.17) is 0 Å². The van der Waals surface area contributed by atoms with E-state index in [0.29, 0.717) is 0 Å². The zero-order valence-corrected chi connectivity index (χ0v) is 42.1. The Morgan fingerprint density at radius 3 is 1.87 bits per heavy atom. The SMILES string of the molecule is CC(C)(C)c1ccc(N2c3cc(N(c4ccccc4)c4ccccc4)cc4c3B(c3ccc5c(sc6ccccc65)c32)N2c3c-4cc(C(C)(C)C)cc3C3(C)CCCCC23C)c(-c2ccccc2)c1. The molecule has 9 aromatic rings. The van der Waals surface area contributed by atoms with Gasteiger partial charge >= 0.3 is 6.85 Å². The van der Waals surface area contributed by atoms with Crippen LogP contribution >= 0.6 is 11.3 Å². The minimum Gasteiger partial charge on any atom is -0.400 e. The first-order chi connectivity index (χ1) is 33.2. The van der Waals surface area contributed by atoms with E-state index in [1.807, 2.05) is 11.3 Å². The van der Waals surface area contributed by atoms with Crippen molar-refractivity contribution in [2.45, 2.75) is 103 Å². The number of benzene rings is 8. The van der Waals surface area contributed by atoms with Gasteiger partial charge < -0.3 is 14.6 Å². The molecule has 0 amide bonds. The number of thiophene rings is 1. The van der Waals surface area contributed by atoms with E-state index < -0.39 is 0 Å². The quantitative estimate of drug-likeness (QED) is 0.159. The van der Waals surface area contributed by atoms with Crippen LogP contribution in [-0.4, -0.2) is 12.4 Å². The summed E-state index contributed by atoms with van der Waals surface area (Å²) in [6, 6.07) is 65.0. The van der Waals surface area contributed by atoms with E-state index in [1.165, 1.54) is 106 Å². The number of anilines is 7. The monoisotopic (exact) mass is 913 g/mol. The van der Waals surface area contributed by atoms with E-state index in [2.05, 4.69) is 240 Å². The molecule has 0 saturated heterocycles. The number of hydrogen-bond acceptors (Lipinski definition) is 4. The van der Waals surface area contributed by atoms with Gasteiger partial charge in [0.15, 0.2) is 0 Å². The number of rotatable bonds is 5. The van der Waals surface area contributed by atoms with Crippen LogP contribution < -0.4 is 25.5 Å². The molecule has 13 rings (SSSR count). The van der Waals surface area contributed by atoms with Crippen LogP contribution in [0.3, 0.4) is 0 Å². The molecule has 340 valence electrons. The van der Waals surface area contributed by atoms with Crippen LogP contribution in [0.25, 0.3) is 42.4 Å². The highest BCUT2D eigenvalue weighted by Gasteiger charge is 2.63. The number of para-hydroxylation sites is 2. The van der Waals surface area contributed by atoms with Crippen molar-refractivity contribution in [3.05, 3.63) is 187 Å².